The summed E-state index contributed by atoms with van der Waals surface area (Å²) in [7, 11) is 0. The monoisotopic (exact) mass is 423 g/mol. The number of rotatable bonds is 1. The lowest BCUT2D eigenvalue weighted by Gasteiger charge is -2.28. The molecule has 2 aromatic rings. The zero-order valence-corrected chi connectivity index (χ0v) is 16.2. The predicted octanol–water partition coefficient (Wildman–Crippen LogP) is 3.61. The van der Waals surface area contributed by atoms with Crippen LogP contribution < -0.4 is 4.90 Å². The van der Waals surface area contributed by atoms with E-state index < -0.39 is 17.2 Å². The zero-order chi connectivity index (χ0) is 19.5. The third kappa shape index (κ3) is 2.29. The minimum absolute atomic E-state index is 0.0866. The van der Waals surface area contributed by atoms with Gasteiger partial charge in [0.25, 0.3) is 0 Å². The fraction of sp³-hybridized carbons (Fsp3) is 0.143. The van der Waals surface area contributed by atoms with Crippen molar-refractivity contribution >= 4 is 45.0 Å². The first-order valence-corrected chi connectivity index (χ1v) is 9.11. The molecule has 0 N–H and O–H groups in total. The number of imide groups is 1. The van der Waals surface area contributed by atoms with E-state index in [1.54, 1.807) is 49.4 Å². The Labute approximate surface area is 163 Å². The molecule has 6 heteroatoms. The number of allylic oxidation sites excluding steroid dienone is 1. The molecule has 5 nitrogen and oxygen atoms in total. The van der Waals surface area contributed by atoms with E-state index in [0.717, 1.165) is 4.90 Å². The van der Waals surface area contributed by atoms with Gasteiger partial charge >= 0.3 is 0 Å². The summed E-state index contributed by atoms with van der Waals surface area (Å²) in [5.41, 5.74) is 0.210. The molecule has 1 aliphatic heterocycles. The molecule has 0 unspecified atom stereocenters. The van der Waals surface area contributed by atoms with Crippen molar-refractivity contribution in [2.75, 3.05) is 4.90 Å². The fourth-order valence-electron chi connectivity index (χ4n) is 3.82. The van der Waals surface area contributed by atoms with Gasteiger partial charge in [-0.2, -0.15) is 0 Å². The van der Waals surface area contributed by atoms with Crippen LogP contribution in [0, 0.1) is 0 Å². The molecule has 0 radical (unpaired) electrons. The molecule has 0 saturated heterocycles. The molecule has 4 rings (SSSR count). The van der Waals surface area contributed by atoms with Crippen LogP contribution in [0.25, 0.3) is 0 Å². The van der Waals surface area contributed by atoms with Gasteiger partial charge in [0.15, 0.2) is 11.6 Å². The third-order valence-electron chi connectivity index (χ3n) is 5.18. The van der Waals surface area contributed by atoms with Gasteiger partial charge in [-0.15, -0.1) is 0 Å². The number of benzene rings is 2. The van der Waals surface area contributed by atoms with Crippen molar-refractivity contribution < 1.29 is 19.2 Å². The number of carbonyl (C=O) groups is 4. The third-order valence-corrected chi connectivity index (χ3v) is 5.67. The number of nitrogens with zero attached hydrogens (tertiary/aromatic N) is 1. The molecule has 2 aromatic carbocycles. The van der Waals surface area contributed by atoms with Gasteiger partial charge in [0.05, 0.1) is 5.69 Å². The Kier molecular flexibility index (Phi) is 3.78. The maximum Gasteiger partial charge on any atom is 0.248 e. The number of hydrogen-bond donors (Lipinski definition) is 0. The molecule has 1 aliphatic carbocycles. The van der Waals surface area contributed by atoms with Crippen LogP contribution in [0.15, 0.2) is 58.6 Å². The summed E-state index contributed by atoms with van der Waals surface area (Å²) in [5, 5.41) is 0. The van der Waals surface area contributed by atoms with Crippen molar-refractivity contribution in [3.05, 3.63) is 75.3 Å². The first-order valence-electron chi connectivity index (χ1n) is 8.32. The van der Waals surface area contributed by atoms with Crippen molar-refractivity contribution in [2.45, 2.75) is 19.3 Å². The van der Waals surface area contributed by atoms with Gasteiger partial charge < -0.3 is 0 Å². The Hall–Kier alpha value is -2.86. The first-order chi connectivity index (χ1) is 12.8. The van der Waals surface area contributed by atoms with Gasteiger partial charge in [0, 0.05) is 28.1 Å². The van der Waals surface area contributed by atoms with Crippen molar-refractivity contribution in [1.29, 1.82) is 0 Å². The summed E-state index contributed by atoms with van der Waals surface area (Å²) < 4.78 is 0.704. The van der Waals surface area contributed by atoms with Crippen LogP contribution in [-0.2, 0) is 15.0 Å². The van der Waals surface area contributed by atoms with Crippen LogP contribution in [-0.4, -0.2) is 23.4 Å². The Morgan fingerprint density at radius 3 is 2.37 bits per heavy atom. The Morgan fingerprint density at radius 1 is 1.04 bits per heavy atom. The summed E-state index contributed by atoms with van der Waals surface area (Å²) in [6.07, 6.45) is 1.23. The molecular formula is C21H14BrNO4. The molecule has 0 bridgehead atoms. The number of Topliss-reactive ketones (excluding diaryl/α,β-unsaturated/α-hetero) is 1. The highest BCUT2D eigenvalue weighted by Gasteiger charge is 2.54. The van der Waals surface area contributed by atoms with Crippen LogP contribution in [0.4, 0.5) is 5.69 Å². The molecule has 0 saturated carbocycles. The normalized spacial score (nSPS) is 21.1. The second kappa shape index (κ2) is 5.82. The largest absolute Gasteiger partial charge is 0.289 e. The molecule has 1 atom stereocenters. The highest BCUT2D eigenvalue weighted by atomic mass is 79.9. The topological polar surface area (TPSA) is 71.5 Å². The Balaban J connectivity index is 1.97. The summed E-state index contributed by atoms with van der Waals surface area (Å²) >= 11 is 3.35. The molecular weight excluding hydrogens is 410 g/mol. The minimum Gasteiger partial charge on any atom is -0.289 e. The molecule has 1 heterocycles. The number of halogens is 1. The highest BCUT2D eigenvalue weighted by molar-refractivity contribution is 9.10. The maximum atomic E-state index is 13.3. The molecule has 2 aliphatic rings. The Bertz CT molecular complexity index is 1100. The van der Waals surface area contributed by atoms with E-state index in [0.29, 0.717) is 21.3 Å². The van der Waals surface area contributed by atoms with Crippen LogP contribution in [0.5, 0.6) is 0 Å². The van der Waals surface area contributed by atoms with Gasteiger partial charge in [0.1, 0.15) is 5.41 Å². The smallest absolute Gasteiger partial charge is 0.248 e. The number of amides is 2. The second-order valence-corrected chi connectivity index (χ2v) is 7.66. The summed E-state index contributed by atoms with van der Waals surface area (Å²) in [6, 6.07) is 11.7. The lowest BCUT2D eigenvalue weighted by atomic mass is 9.71. The van der Waals surface area contributed by atoms with E-state index >= 15 is 0 Å². The quantitative estimate of drug-likeness (QED) is 0.702. The minimum atomic E-state index is -1.41. The van der Waals surface area contributed by atoms with Crippen molar-refractivity contribution in [1.82, 2.24) is 0 Å². The number of anilines is 1. The van der Waals surface area contributed by atoms with Crippen LogP contribution >= 0.6 is 15.9 Å². The average Bonchev–Trinajstić information content (AvgIpc) is 2.85. The summed E-state index contributed by atoms with van der Waals surface area (Å²) in [5.74, 6) is -1.68. The first kappa shape index (κ1) is 17.5. The van der Waals surface area contributed by atoms with E-state index in [1.165, 1.54) is 13.0 Å². The standard InChI is InChI=1S/C21H14BrNO4/c1-11(24)23-17-9-12(22)7-8-15(17)21(2,20(23)27)16-10-18(25)13-5-3-4-6-14(13)19(16)26/h3-10H,1-2H3/t21-/m1/s1. The molecule has 2 amide bonds. The zero-order valence-electron chi connectivity index (χ0n) is 14.6. The van der Waals surface area contributed by atoms with E-state index in [4.69, 9.17) is 0 Å². The van der Waals surface area contributed by atoms with Gasteiger partial charge in [-0.05, 0) is 30.7 Å². The molecule has 0 spiro atoms. The molecule has 0 aromatic heterocycles. The van der Waals surface area contributed by atoms with Gasteiger partial charge in [-0.25, -0.2) is 4.90 Å². The van der Waals surface area contributed by atoms with E-state index in [2.05, 4.69) is 15.9 Å². The van der Waals surface area contributed by atoms with Crippen LogP contribution in [0.3, 0.4) is 0 Å². The van der Waals surface area contributed by atoms with E-state index in [9.17, 15) is 19.2 Å². The van der Waals surface area contributed by atoms with Gasteiger partial charge in [-0.1, -0.05) is 46.3 Å². The lowest BCUT2D eigenvalue weighted by Crippen LogP contribution is -2.44. The summed E-state index contributed by atoms with van der Waals surface area (Å²) in [6.45, 7) is 2.89. The number of carbonyl (C=O) groups excluding carboxylic acids is 4. The fourth-order valence-corrected chi connectivity index (χ4v) is 4.17. The van der Waals surface area contributed by atoms with Crippen LogP contribution in [0.2, 0.25) is 0 Å². The SMILES string of the molecule is CC(=O)N1C(=O)[C@@](C)(C2=CC(=O)c3ccccc3C2=O)c2ccc(Br)cc21. The van der Waals surface area contributed by atoms with Crippen LogP contribution in [0.1, 0.15) is 40.1 Å². The Morgan fingerprint density at radius 2 is 1.70 bits per heavy atom. The number of ketones is 2. The predicted molar refractivity (Wildman–Crippen MR) is 103 cm³/mol. The second-order valence-electron chi connectivity index (χ2n) is 6.74. The van der Waals surface area contributed by atoms with Crippen molar-refractivity contribution in [3.63, 3.8) is 0 Å². The molecule has 27 heavy (non-hydrogen) atoms. The number of fused-ring (bicyclic) bond motifs is 2. The van der Waals surface area contributed by atoms with Gasteiger partial charge in [0.2, 0.25) is 11.8 Å². The van der Waals surface area contributed by atoms with Gasteiger partial charge in [-0.3, -0.25) is 19.2 Å². The van der Waals surface area contributed by atoms with Crippen molar-refractivity contribution in [3.8, 4) is 0 Å². The molecule has 134 valence electrons. The maximum absolute atomic E-state index is 13.3. The van der Waals surface area contributed by atoms with Crippen molar-refractivity contribution in [2.24, 2.45) is 0 Å². The number of hydrogen-bond acceptors (Lipinski definition) is 4. The highest BCUT2D eigenvalue weighted by Crippen LogP contribution is 2.48. The molecule has 0 fully saturated rings. The van der Waals surface area contributed by atoms with E-state index in [-0.39, 0.29) is 22.7 Å². The average molecular weight is 424 g/mol. The van der Waals surface area contributed by atoms with E-state index in [1.807, 2.05) is 0 Å². The summed E-state index contributed by atoms with van der Waals surface area (Å²) in [4.78, 5) is 52.3. The lowest BCUT2D eigenvalue weighted by molar-refractivity contribution is -0.127.